The van der Waals surface area contributed by atoms with Crippen molar-refractivity contribution in [2.45, 2.75) is 0 Å². The van der Waals surface area contributed by atoms with Crippen LogP contribution in [0.25, 0.3) is 18.2 Å². The summed E-state index contributed by atoms with van der Waals surface area (Å²) in [6, 6.07) is 15.9. The number of nitrogens with one attached hydrogen (secondary N) is 1. The van der Waals surface area contributed by atoms with Crippen molar-refractivity contribution in [1.29, 1.82) is 0 Å². The molecule has 0 aliphatic heterocycles. The second-order valence-corrected chi connectivity index (χ2v) is 7.16. The Morgan fingerprint density at radius 1 is 0.735 bits per heavy atom. The van der Waals surface area contributed by atoms with Gasteiger partial charge in [-0.15, -0.1) is 0 Å². The molecule has 34 heavy (non-hydrogen) atoms. The van der Waals surface area contributed by atoms with Crippen LogP contribution < -0.4 is 24.3 Å². The Kier molecular flexibility index (Phi) is 8.18. The predicted octanol–water partition coefficient (Wildman–Crippen LogP) is 5.25. The van der Waals surface area contributed by atoms with Crippen LogP contribution in [0.4, 0.5) is 5.69 Å². The Bertz CT molecular complexity index is 1170. The summed E-state index contributed by atoms with van der Waals surface area (Å²) in [7, 11) is 6.26. The topological polar surface area (TPSA) is 86.3 Å². The normalized spacial score (nSPS) is 10.9. The predicted molar refractivity (Wildman–Crippen MR) is 134 cm³/mol. The van der Waals surface area contributed by atoms with Crippen LogP contribution in [0.3, 0.4) is 0 Å². The molecule has 0 heterocycles. The fraction of sp³-hybridized carbons (Fsp3) is 0.148. The lowest BCUT2D eigenvalue weighted by molar-refractivity contribution is -0.111. The zero-order valence-electron chi connectivity index (χ0n) is 19.5. The number of methoxy groups -OCH3 is 4. The van der Waals surface area contributed by atoms with E-state index >= 15 is 0 Å². The fourth-order valence-electron chi connectivity index (χ4n) is 3.21. The molecular formula is C27H27NO6. The summed E-state index contributed by atoms with van der Waals surface area (Å²) in [5, 5.41) is 12.9. The van der Waals surface area contributed by atoms with Crippen molar-refractivity contribution in [2.75, 3.05) is 33.8 Å². The lowest BCUT2D eigenvalue weighted by atomic mass is 10.1. The van der Waals surface area contributed by atoms with E-state index in [1.807, 2.05) is 48.6 Å². The number of hydrogen-bond acceptors (Lipinski definition) is 6. The third-order valence-electron chi connectivity index (χ3n) is 4.98. The van der Waals surface area contributed by atoms with Gasteiger partial charge >= 0.3 is 0 Å². The van der Waals surface area contributed by atoms with Crippen molar-refractivity contribution >= 4 is 29.8 Å². The molecule has 0 spiro atoms. The molecule has 0 saturated heterocycles. The lowest BCUT2D eigenvalue weighted by Gasteiger charge is -2.12. The van der Waals surface area contributed by atoms with Crippen molar-refractivity contribution in [3.63, 3.8) is 0 Å². The second-order valence-electron chi connectivity index (χ2n) is 7.16. The van der Waals surface area contributed by atoms with Gasteiger partial charge in [-0.25, -0.2) is 0 Å². The summed E-state index contributed by atoms with van der Waals surface area (Å²) in [4.78, 5) is 12.4. The average Bonchev–Trinajstić information content (AvgIpc) is 2.87. The molecule has 7 heteroatoms. The fourth-order valence-corrected chi connectivity index (χ4v) is 3.21. The standard InChI is InChI=1S/C27H27NO6/c1-31-21-11-7-18(8-12-21)10-14-26(30)28-22-15-19(9-13-23(22)29)5-6-20-16-24(32-2)27(34-4)25(17-20)33-3/h5-17,29H,1-4H3,(H,28,30)/b6-5?,14-10+. The van der Waals surface area contributed by atoms with E-state index in [9.17, 15) is 9.90 Å². The largest absolute Gasteiger partial charge is 0.506 e. The minimum atomic E-state index is -0.364. The number of amides is 1. The maximum Gasteiger partial charge on any atom is 0.248 e. The number of phenols is 1. The Morgan fingerprint density at radius 3 is 1.94 bits per heavy atom. The van der Waals surface area contributed by atoms with Crippen LogP contribution in [-0.4, -0.2) is 39.5 Å². The van der Waals surface area contributed by atoms with Crippen molar-refractivity contribution in [3.8, 4) is 28.7 Å². The molecule has 0 aliphatic carbocycles. The van der Waals surface area contributed by atoms with Crippen molar-refractivity contribution < 1.29 is 28.8 Å². The third kappa shape index (κ3) is 6.10. The van der Waals surface area contributed by atoms with Crippen LogP contribution in [0, 0.1) is 0 Å². The number of carbonyl (C=O) groups excluding carboxylic acids is 1. The molecule has 0 bridgehead atoms. The van der Waals surface area contributed by atoms with Gasteiger partial charge in [-0.3, -0.25) is 4.79 Å². The highest BCUT2D eigenvalue weighted by Gasteiger charge is 2.12. The number of phenolic OH excluding ortho intramolecular Hbond substituents is 1. The number of ether oxygens (including phenoxy) is 4. The minimum Gasteiger partial charge on any atom is -0.506 e. The van der Waals surface area contributed by atoms with E-state index in [1.165, 1.54) is 12.1 Å². The first kappa shape index (κ1) is 24.3. The number of hydrogen-bond donors (Lipinski definition) is 2. The molecule has 3 aromatic rings. The van der Waals surface area contributed by atoms with Crippen LogP contribution in [0.5, 0.6) is 28.7 Å². The molecule has 1 amide bonds. The van der Waals surface area contributed by atoms with Crippen LogP contribution in [0.15, 0.2) is 60.7 Å². The quantitative estimate of drug-likeness (QED) is 0.257. The Labute approximate surface area is 198 Å². The van der Waals surface area contributed by atoms with Crippen molar-refractivity contribution in [2.24, 2.45) is 0 Å². The number of anilines is 1. The Morgan fingerprint density at radius 2 is 1.35 bits per heavy atom. The number of rotatable bonds is 9. The molecule has 0 saturated carbocycles. The van der Waals surface area contributed by atoms with E-state index in [0.717, 1.165) is 22.4 Å². The Balaban J connectivity index is 1.75. The third-order valence-corrected chi connectivity index (χ3v) is 4.98. The Hall–Kier alpha value is -4.39. The summed E-state index contributed by atoms with van der Waals surface area (Å²) < 4.78 is 21.2. The van der Waals surface area contributed by atoms with E-state index in [4.69, 9.17) is 18.9 Å². The maximum absolute atomic E-state index is 12.4. The highest BCUT2D eigenvalue weighted by molar-refractivity contribution is 6.03. The number of carbonyl (C=O) groups is 1. The first-order valence-electron chi connectivity index (χ1n) is 10.4. The van der Waals surface area contributed by atoms with Gasteiger partial charge in [0.1, 0.15) is 11.5 Å². The number of benzene rings is 3. The van der Waals surface area contributed by atoms with Crippen molar-refractivity contribution in [1.82, 2.24) is 0 Å². The molecule has 7 nitrogen and oxygen atoms in total. The van der Waals surface area contributed by atoms with E-state index in [1.54, 1.807) is 46.6 Å². The first-order chi connectivity index (χ1) is 16.5. The van der Waals surface area contributed by atoms with Gasteiger partial charge in [0.2, 0.25) is 11.7 Å². The smallest absolute Gasteiger partial charge is 0.248 e. The molecule has 0 unspecified atom stereocenters. The zero-order chi connectivity index (χ0) is 24.5. The molecular weight excluding hydrogens is 434 g/mol. The summed E-state index contributed by atoms with van der Waals surface area (Å²) >= 11 is 0. The van der Waals surface area contributed by atoms with Gasteiger partial charge in [-0.2, -0.15) is 0 Å². The zero-order valence-corrected chi connectivity index (χ0v) is 19.5. The minimum absolute atomic E-state index is 0.0314. The van der Waals surface area contributed by atoms with Crippen LogP contribution in [-0.2, 0) is 4.79 Å². The molecule has 0 aromatic heterocycles. The summed E-state index contributed by atoms with van der Waals surface area (Å²) in [6.07, 6.45) is 6.80. The van der Waals surface area contributed by atoms with Gasteiger partial charge < -0.3 is 29.4 Å². The molecule has 3 rings (SSSR count). The van der Waals surface area contributed by atoms with Crippen LogP contribution in [0.1, 0.15) is 16.7 Å². The van der Waals surface area contributed by atoms with E-state index in [0.29, 0.717) is 22.9 Å². The maximum atomic E-state index is 12.4. The molecule has 2 N–H and O–H groups in total. The lowest BCUT2D eigenvalue weighted by Crippen LogP contribution is -2.08. The summed E-state index contributed by atoms with van der Waals surface area (Å²) in [5.41, 5.74) is 2.76. The summed E-state index contributed by atoms with van der Waals surface area (Å²) in [6.45, 7) is 0. The van der Waals surface area contributed by atoms with Gasteiger partial charge in [-0.05, 0) is 59.2 Å². The van der Waals surface area contributed by atoms with Gasteiger partial charge in [0, 0.05) is 6.08 Å². The van der Waals surface area contributed by atoms with Crippen LogP contribution >= 0.6 is 0 Å². The summed E-state index contributed by atoms with van der Waals surface area (Å²) in [5.74, 6) is 1.95. The van der Waals surface area contributed by atoms with E-state index in [-0.39, 0.29) is 11.7 Å². The van der Waals surface area contributed by atoms with Gasteiger partial charge in [-0.1, -0.05) is 30.4 Å². The molecule has 0 aliphatic rings. The van der Waals surface area contributed by atoms with E-state index in [2.05, 4.69) is 5.32 Å². The molecule has 176 valence electrons. The van der Waals surface area contributed by atoms with Crippen molar-refractivity contribution in [3.05, 3.63) is 77.4 Å². The SMILES string of the molecule is COc1ccc(/C=C/C(=O)Nc2cc(C=Cc3cc(OC)c(OC)c(OC)c3)ccc2O)cc1. The first-order valence-corrected chi connectivity index (χ1v) is 10.4. The molecule has 0 atom stereocenters. The van der Waals surface area contributed by atoms with Gasteiger partial charge in [0.05, 0.1) is 34.1 Å². The second kappa shape index (κ2) is 11.5. The van der Waals surface area contributed by atoms with E-state index < -0.39 is 0 Å². The monoisotopic (exact) mass is 461 g/mol. The molecule has 0 fully saturated rings. The van der Waals surface area contributed by atoms with Gasteiger partial charge in [0.25, 0.3) is 0 Å². The average molecular weight is 462 g/mol. The molecule has 3 aromatic carbocycles. The highest BCUT2D eigenvalue weighted by Crippen LogP contribution is 2.38. The van der Waals surface area contributed by atoms with Gasteiger partial charge in [0.15, 0.2) is 11.5 Å². The van der Waals surface area contributed by atoms with Crippen LogP contribution in [0.2, 0.25) is 0 Å². The molecule has 0 radical (unpaired) electrons. The number of aromatic hydroxyl groups is 1. The highest BCUT2D eigenvalue weighted by atomic mass is 16.5.